The van der Waals surface area contributed by atoms with Gasteiger partial charge in [-0.15, -0.1) is 0 Å². The Morgan fingerprint density at radius 2 is 1.91 bits per heavy atom. The van der Waals surface area contributed by atoms with Gasteiger partial charge in [0.1, 0.15) is 17.9 Å². The van der Waals surface area contributed by atoms with Gasteiger partial charge in [-0.2, -0.15) is 5.26 Å². The minimum Gasteiger partial charge on any atom is -0.489 e. The quantitative estimate of drug-likeness (QED) is 0.670. The monoisotopic (exact) mass is 470 g/mol. The van der Waals surface area contributed by atoms with Crippen LogP contribution in [0.2, 0.25) is 0 Å². The maximum absolute atomic E-state index is 13.0. The van der Waals surface area contributed by atoms with Crippen molar-refractivity contribution in [1.82, 2.24) is 15.5 Å². The van der Waals surface area contributed by atoms with Crippen LogP contribution in [0.3, 0.4) is 0 Å². The highest BCUT2D eigenvalue weighted by Crippen LogP contribution is 2.32. The second-order valence-electron chi connectivity index (χ2n) is 9.64. The minimum atomic E-state index is -0.459. The minimum absolute atomic E-state index is 0.0449. The van der Waals surface area contributed by atoms with Gasteiger partial charge in [-0.1, -0.05) is 25.1 Å². The smallest absolute Gasteiger partial charge is 0.255 e. The largest absolute Gasteiger partial charge is 0.489 e. The Kier molecular flexibility index (Phi) is 6.56. The van der Waals surface area contributed by atoms with Gasteiger partial charge in [0.05, 0.1) is 11.6 Å². The Morgan fingerprint density at radius 1 is 1.11 bits per heavy atom. The fraction of sp³-hybridized carbons (Fsp3) is 0.393. The molecule has 3 atom stereocenters. The van der Waals surface area contributed by atoms with Crippen LogP contribution in [0.4, 0.5) is 0 Å². The summed E-state index contributed by atoms with van der Waals surface area (Å²) >= 11 is 0. The van der Waals surface area contributed by atoms with E-state index in [1.165, 1.54) is 0 Å². The van der Waals surface area contributed by atoms with E-state index in [1.54, 1.807) is 4.90 Å². The van der Waals surface area contributed by atoms with Crippen molar-refractivity contribution in [3.63, 3.8) is 0 Å². The first kappa shape index (κ1) is 23.1. The van der Waals surface area contributed by atoms with Crippen molar-refractivity contribution in [3.05, 3.63) is 77.0 Å². The highest BCUT2D eigenvalue weighted by molar-refractivity contribution is 6.01. The summed E-state index contributed by atoms with van der Waals surface area (Å²) in [5, 5.41) is 15.4. The molecular formula is C28H30N4O3. The van der Waals surface area contributed by atoms with E-state index in [-0.39, 0.29) is 24.0 Å². The van der Waals surface area contributed by atoms with E-state index in [1.807, 2.05) is 42.5 Å². The summed E-state index contributed by atoms with van der Waals surface area (Å²) in [6, 6.07) is 15.2. The molecule has 0 bridgehead atoms. The topological polar surface area (TPSA) is 94.5 Å². The van der Waals surface area contributed by atoms with Crippen molar-refractivity contribution in [2.45, 2.75) is 69.8 Å². The van der Waals surface area contributed by atoms with Crippen LogP contribution in [0.1, 0.15) is 65.6 Å². The van der Waals surface area contributed by atoms with Gasteiger partial charge < -0.3 is 20.3 Å². The fourth-order valence-electron chi connectivity index (χ4n) is 5.30. The summed E-state index contributed by atoms with van der Waals surface area (Å²) in [6.45, 7) is 4.97. The number of hydrogen-bond acceptors (Lipinski definition) is 5. The molecule has 3 aliphatic rings. The Balaban J connectivity index is 1.24. The van der Waals surface area contributed by atoms with Gasteiger partial charge in [0.25, 0.3) is 5.91 Å². The van der Waals surface area contributed by atoms with Crippen molar-refractivity contribution in [3.8, 4) is 11.8 Å². The van der Waals surface area contributed by atoms with E-state index in [0.29, 0.717) is 36.2 Å². The summed E-state index contributed by atoms with van der Waals surface area (Å²) in [6.07, 6.45) is 5.63. The molecule has 0 aromatic heterocycles. The highest BCUT2D eigenvalue weighted by atomic mass is 16.5. The molecule has 7 nitrogen and oxygen atoms in total. The number of nitrogens with zero attached hydrogens (tertiary/aromatic N) is 2. The summed E-state index contributed by atoms with van der Waals surface area (Å²) in [5.41, 5.74) is 4.06. The number of nitriles is 1. The zero-order chi connectivity index (χ0) is 24.4. The molecule has 1 unspecified atom stereocenters. The molecule has 1 aliphatic carbocycles. The van der Waals surface area contributed by atoms with Gasteiger partial charge in [0, 0.05) is 30.4 Å². The number of hydrogen-bond donors (Lipinski definition) is 2. The van der Waals surface area contributed by atoms with E-state index < -0.39 is 6.04 Å². The predicted octanol–water partition coefficient (Wildman–Crippen LogP) is 3.79. The molecule has 1 saturated carbocycles. The SMILES string of the molecule is C=C1CCC(N2Cc3cc(O[C@H]4CCCC[C@H]4NCc4ccc(C#N)cc4)ccc3C2=O)C(=O)N1. The van der Waals surface area contributed by atoms with Gasteiger partial charge in [-0.25, -0.2) is 0 Å². The molecule has 7 heteroatoms. The first-order chi connectivity index (χ1) is 17.0. The first-order valence-corrected chi connectivity index (χ1v) is 12.3. The van der Waals surface area contributed by atoms with E-state index in [0.717, 1.165) is 49.1 Å². The Labute approximate surface area is 205 Å². The van der Waals surface area contributed by atoms with Crippen LogP contribution >= 0.6 is 0 Å². The summed E-state index contributed by atoms with van der Waals surface area (Å²) in [7, 11) is 0. The maximum Gasteiger partial charge on any atom is 0.255 e. The van der Waals surface area contributed by atoms with Crippen molar-refractivity contribution in [1.29, 1.82) is 5.26 Å². The Hall–Kier alpha value is -3.63. The number of allylic oxidation sites excluding steroid dienone is 1. The van der Waals surface area contributed by atoms with Gasteiger partial charge in [0.2, 0.25) is 5.91 Å². The van der Waals surface area contributed by atoms with Crippen molar-refractivity contribution in [2.24, 2.45) is 0 Å². The third-order valence-electron chi connectivity index (χ3n) is 7.25. The second-order valence-corrected chi connectivity index (χ2v) is 9.64. The van der Waals surface area contributed by atoms with Crippen molar-refractivity contribution in [2.75, 3.05) is 0 Å². The van der Waals surface area contributed by atoms with Crippen LogP contribution in [0.5, 0.6) is 5.75 Å². The van der Waals surface area contributed by atoms with Gasteiger partial charge in [-0.05, 0) is 73.6 Å². The molecule has 2 aliphatic heterocycles. The molecule has 180 valence electrons. The number of ether oxygens (including phenoxy) is 1. The molecule has 5 rings (SSSR count). The third kappa shape index (κ3) is 4.94. The molecular weight excluding hydrogens is 440 g/mol. The zero-order valence-electron chi connectivity index (χ0n) is 19.8. The lowest BCUT2D eigenvalue weighted by atomic mass is 9.92. The molecule has 2 heterocycles. The Morgan fingerprint density at radius 3 is 2.69 bits per heavy atom. The molecule has 2 aromatic rings. The number of carbonyl (C=O) groups excluding carboxylic acids is 2. The molecule has 2 N–H and O–H groups in total. The number of amides is 2. The lowest BCUT2D eigenvalue weighted by Gasteiger charge is -2.33. The number of fused-ring (bicyclic) bond motifs is 1. The molecule has 2 aromatic carbocycles. The summed E-state index contributed by atoms with van der Waals surface area (Å²) in [4.78, 5) is 27.1. The van der Waals surface area contributed by atoms with E-state index >= 15 is 0 Å². The van der Waals surface area contributed by atoms with Gasteiger partial charge >= 0.3 is 0 Å². The average Bonchev–Trinajstić information content (AvgIpc) is 3.19. The van der Waals surface area contributed by atoms with Crippen molar-refractivity contribution < 1.29 is 14.3 Å². The standard InChI is InChI=1S/C28H30N4O3/c1-18-6-13-25(27(33)31-18)32-17-21-14-22(11-12-23(21)28(32)34)35-26-5-3-2-4-24(26)30-16-20-9-7-19(15-29)8-10-20/h7-12,14,24-26,30H,1-6,13,16-17H2,(H,31,33)/t24-,25?,26+/m1/s1. The Bertz CT molecular complexity index is 1180. The first-order valence-electron chi connectivity index (χ1n) is 12.3. The number of carbonyl (C=O) groups is 2. The van der Waals surface area contributed by atoms with Crippen LogP contribution in [-0.4, -0.2) is 34.9 Å². The zero-order valence-corrected chi connectivity index (χ0v) is 19.8. The van der Waals surface area contributed by atoms with Gasteiger partial charge in [-0.3, -0.25) is 9.59 Å². The van der Waals surface area contributed by atoms with Crippen molar-refractivity contribution >= 4 is 11.8 Å². The van der Waals surface area contributed by atoms with E-state index in [2.05, 4.69) is 23.3 Å². The number of rotatable bonds is 6. The van der Waals surface area contributed by atoms with Crippen LogP contribution in [0.25, 0.3) is 0 Å². The molecule has 2 amide bonds. The molecule has 0 radical (unpaired) electrons. The molecule has 2 fully saturated rings. The van der Waals surface area contributed by atoms with Crippen LogP contribution in [0, 0.1) is 11.3 Å². The van der Waals surface area contributed by atoms with Crippen LogP contribution in [0.15, 0.2) is 54.7 Å². The summed E-state index contributed by atoms with van der Waals surface area (Å²) in [5.74, 6) is 0.507. The van der Waals surface area contributed by atoms with E-state index in [9.17, 15) is 9.59 Å². The molecule has 0 spiro atoms. The number of benzene rings is 2. The lowest BCUT2D eigenvalue weighted by molar-refractivity contribution is -0.126. The lowest BCUT2D eigenvalue weighted by Crippen LogP contribution is -2.49. The maximum atomic E-state index is 13.0. The fourth-order valence-corrected chi connectivity index (χ4v) is 5.30. The highest BCUT2D eigenvalue weighted by Gasteiger charge is 2.38. The van der Waals surface area contributed by atoms with E-state index in [4.69, 9.17) is 10.00 Å². The second kappa shape index (κ2) is 9.93. The van der Waals surface area contributed by atoms with Gasteiger partial charge in [0.15, 0.2) is 0 Å². The average molecular weight is 471 g/mol. The predicted molar refractivity (Wildman–Crippen MR) is 131 cm³/mol. The van der Waals surface area contributed by atoms with Crippen LogP contribution in [-0.2, 0) is 17.9 Å². The number of nitrogens with one attached hydrogen (secondary N) is 2. The normalized spacial score (nSPS) is 24.0. The molecule has 35 heavy (non-hydrogen) atoms. The molecule has 1 saturated heterocycles. The van der Waals surface area contributed by atoms with Crippen LogP contribution < -0.4 is 15.4 Å². The summed E-state index contributed by atoms with van der Waals surface area (Å²) < 4.78 is 6.44. The number of piperidine rings is 1. The third-order valence-corrected chi connectivity index (χ3v) is 7.25.